The molecule has 0 amide bonds. The summed E-state index contributed by atoms with van der Waals surface area (Å²) < 4.78 is 16.0. The Hall–Kier alpha value is -0.180. The van der Waals surface area contributed by atoms with Crippen LogP contribution in [0.5, 0.6) is 0 Å². The average Bonchev–Trinajstić information content (AvgIpc) is 2.95. The second-order valence-electron chi connectivity index (χ2n) is 8.37. The zero-order valence-corrected chi connectivity index (χ0v) is 17.1. The Morgan fingerprint density at radius 3 is 2.62 bits per heavy atom. The molecule has 0 radical (unpaired) electrons. The van der Waals surface area contributed by atoms with Gasteiger partial charge in [0, 0.05) is 28.2 Å². The number of hydrogen-bond acceptors (Lipinski definition) is 6. The average molecular weight is 371 g/mol. The summed E-state index contributed by atoms with van der Waals surface area (Å²) in [6, 6.07) is 0.113. The standard InChI is InChI=1S/C17H30N4OS2/c1-16(2,3)24(22)20-15-14-12(23-13(19-14)11-21(4)5)10-17(15)6-8-18-9-7-17/h15,18,20H,6-11H2,1-5H3/t15-,24-/m1/s1. The zero-order chi connectivity index (χ0) is 17.5. The molecule has 1 aromatic heterocycles. The van der Waals surface area contributed by atoms with E-state index in [1.165, 1.54) is 9.88 Å². The van der Waals surface area contributed by atoms with Crippen LogP contribution >= 0.6 is 11.3 Å². The molecule has 2 aliphatic rings. The predicted octanol–water partition coefficient (Wildman–Crippen LogP) is 2.22. The van der Waals surface area contributed by atoms with Gasteiger partial charge < -0.3 is 14.8 Å². The number of hydrogen-bond donors (Lipinski definition) is 2. The highest BCUT2D eigenvalue weighted by atomic mass is 32.2. The highest BCUT2D eigenvalue weighted by Crippen LogP contribution is 2.53. The lowest BCUT2D eigenvalue weighted by molar-refractivity contribution is 0.162. The minimum atomic E-state index is -1.08. The molecule has 1 spiro atoms. The monoisotopic (exact) mass is 370 g/mol. The Bertz CT molecular complexity index is 576. The van der Waals surface area contributed by atoms with Gasteiger partial charge >= 0.3 is 0 Å². The van der Waals surface area contributed by atoms with Crippen molar-refractivity contribution in [1.82, 2.24) is 19.9 Å². The number of rotatable bonds is 4. The molecule has 7 heteroatoms. The van der Waals surface area contributed by atoms with Crippen LogP contribution in [0.15, 0.2) is 0 Å². The van der Waals surface area contributed by atoms with Gasteiger partial charge in [-0.3, -0.25) is 0 Å². The van der Waals surface area contributed by atoms with Crippen LogP contribution in [-0.2, 0) is 24.3 Å². The van der Waals surface area contributed by atoms with Gasteiger partial charge in [-0.25, -0.2) is 4.98 Å². The Labute approximate surface area is 152 Å². The Morgan fingerprint density at radius 1 is 1.38 bits per heavy atom. The lowest BCUT2D eigenvalue weighted by Crippen LogP contribution is -2.49. The Morgan fingerprint density at radius 2 is 2.04 bits per heavy atom. The SMILES string of the molecule is CN(C)Cc1nc2c(s1)CC1(CCNCC1)[C@@H]2N[S@+]([O-])C(C)(C)C. The molecule has 1 fully saturated rings. The van der Waals surface area contributed by atoms with Crippen molar-refractivity contribution in [2.45, 2.75) is 57.4 Å². The van der Waals surface area contributed by atoms with Gasteiger partial charge in [0.15, 0.2) is 0 Å². The van der Waals surface area contributed by atoms with Gasteiger partial charge in [0.2, 0.25) is 0 Å². The van der Waals surface area contributed by atoms with E-state index in [9.17, 15) is 4.55 Å². The fraction of sp³-hybridized carbons (Fsp3) is 0.824. The molecule has 1 aliphatic carbocycles. The molecule has 3 rings (SSSR count). The van der Waals surface area contributed by atoms with Crippen molar-refractivity contribution in [2.75, 3.05) is 27.2 Å². The molecule has 0 unspecified atom stereocenters. The largest absolute Gasteiger partial charge is 0.598 e. The number of nitrogens with one attached hydrogen (secondary N) is 2. The topological polar surface area (TPSA) is 63.2 Å². The minimum Gasteiger partial charge on any atom is -0.598 e. The van der Waals surface area contributed by atoms with Crippen LogP contribution in [-0.4, -0.2) is 46.4 Å². The summed E-state index contributed by atoms with van der Waals surface area (Å²) in [5, 5.41) is 4.64. The lowest BCUT2D eigenvalue weighted by Gasteiger charge is -2.40. The van der Waals surface area contributed by atoms with E-state index in [1.54, 1.807) is 0 Å². The fourth-order valence-corrected chi connectivity index (χ4v) is 5.98. The van der Waals surface area contributed by atoms with E-state index in [1.807, 2.05) is 32.1 Å². The molecule has 0 bridgehead atoms. The Kier molecular flexibility index (Phi) is 5.31. The van der Waals surface area contributed by atoms with Gasteiger partial charge in [-0.1, -0.05) is 0 Å². The van der Waals surface area contributed by atoms with Gasteiger partial charge in [0.25, 0.3) is 0 Å². The molecule has 2 N–H and O–H groups in total. The smallest absolute Gasteiger partial charge is 0.136 e. The number of fused-ring (bicyclic) bond motifs is 1. The first-order chi connectivity index (χ1) is 11.2. The molecule has 1 saturated heterocycles. The number of thiazole rings is 1. The highest BCUT2D eigenvalue weighted by Gasteiger charge is 2.51. The third kappa shape index (κ3) is 3.66. The number of nitrogens with zero attached hydrogens (tertiary/aromatic N) is 2. The zero-order valence-electron chi connectivity index (χ0n) is 15.4. The summed E-state index contributed by atoms with van der Waals surface area (Å²) in [5.41, 5.74) is 1.34. The van der Waals surface area contributed by atoms with E-state index in [4.69, 9.17) is 4.98 Å². The summed E-state index contributed by atoms with van der Waals surface area (Å²) in [7, 11) is 4.15. The van der Waals surface area contributed by atoms with Crippen LogP contribution in [0.3, 0.4) is 0 Å². The van der Waals surface area contributed by atoms with Crippen LogP contribution in [0, 0.1) is 5.41 Å². The maximum absolute atomic E-state index is 12.8. The Balaban J connectivity index is 1.89. The van der Waals surface area contributed by atoms with Gasteiger partial charge in [0.1, 0.15) is 15.8 Å². The van der Waals surface area contributed by atoms with E-state index in [2.05, 4.69) is 29.0 Å². The van der Waals surface area contributed by atoms with E-state index >= 15 is 0 Å². The maximum atomic E-state index is 12.8. The first-order valence-electron chi connectivity index (χ1n) is 8.73. The minimum absolute atomic E-state index is 0.113. The molecule has 2 atom stereocenters. The molecule has 2 heterocycles. The summed E-state index contributed by atoms with van der Waals surface area (Å²) in [6.45, 7) is 9.04. The third-order valence-corrected chi connectivity index (χ3v) is 7.62. The first-order valence-corrected chi connectivity index (χ1v) is 10.7. The number of aromatic nitrogens is 1. The molecule has 1 aromatic rings. The molecule has 1 aliphatic heterocycles. The van der Waals surface area contributed by atoms with Gasteiger partial charge in [-0.2, -0.15) is 0 Å². The van der Waals surface area contributed by atoms with E-state index in [0.29, 0.717) is 0 Å². The summed E-state index contributed by atoms with van der Waals surface area (Å²) in [5.74, 6) is 0. The quantitative estimate of drug-likeness (QED) is 0.796. The normalized spacial score (nSPS) is 24.5. The summed E-state index contributed by atoms with van der Waals surface area (Å²) in [6.07, 6.45) is 3.32. The van der Waals surface area contributed by atoms with Crippen molar-refractivity contribution in [2.24, 2.45) is 5.41 Å². The third-order valence-electron chi connectivity index (χ3n) is 5.00. The molecule has 24 heavy (non-hydrogen) atoms. The highest BCUT2D eigenvalue weighted by molar-refractivity contribution is 7.90. The van der Waals surface area contributed by atoms with Crippen LogP contribution in [0.25, 0.3) is 0 Å². The lowest BCUT2D eigenvalue weighted by atomic mass is 9.74. The predicted molar refractivity (Wildman–Crippen MR) is 102 cm³/mol. The second kappa shape index (κ2) is 6.85. The van der Waals surface area contributed by atoms with Crippen molar-refractivity contribution in [3.63, 3.8) is 0 Å². The van der Waals surface area contributed by atoms with Crippen molar-refractivity contribution < 1.29 is 4.55 Å². The fourth-order valence-electron chi connectivity index (χ4n) is 3.67. The summed E-state index contributed by atoms with van der Waals surface area (Å²) >= 11 is 0.764. The second-order valence-corrected chi connectivity index (χ2v) is 11.5. The molecular formula is C17H30N4OS2. The van der Waals surface area contributed by atoms with E-state index in [-0.39, 0.29) is 16.2 Å². The van der Waals surface area contributed by atoms with Crippen LogP contribution < -0.4 is 10.0 Å². The van der Waals surface area contributed by atoms with Crippen molar-refractivity contribution in [3.8, 4) is 0 Å². The van der Waals surface area contributed by atoms with Crippen molar-refractivity contribution >= 4 is 22.7 Å². The van der Waals surface area contributed by atoms with Gasteiger partial charge in [-0.05, 0) is 67.2 Å². The van der Waals surface area contributed by atoms with Crippen LogP contribution in [0.2, 0.25) is 0 Å². The molecule has 5 nitrogen and oxygen atoms in total. The molecule has 0 aromatic carbocycles. The molecule has 0 saturated carbocycles. The number of piperidine rings is 1. The maximum Gasteiger partial charge on any atom is 0.136 e. The van der Waals surface area contributed by atoms with Gasteiger partial charge in [-0.15, -0.1) is 16.1 Å². The van der Waals surface area contributed by atoms with E-state index in [0.717, 1.165) is 44.6 Å². The van der Waals surface area contributed by atoms with Crippen molar-refractivity contribution in [1.29, 1.82) is 0 Å². The molecular weight excluding hydrogens is 340 g/mol. The van der Waals surface area contributed by atoms with Crippen LogP contribution in [0.4, 0.5) is 0 Å². The van der Waals surface area contributed by atoms with E-state index < -0.39 is 11.4 Å². The molecule has 136 valence electrons. The van der Waals surface area contributed by atoms with Crippen LogP contribution in [0.1, 0.15) is 55.2 Å². The van der Waals surface area contributed by atoms with Gasteiger partial charge in [0.05, 0.1) is 5.69 Å². The van der Waals surface area contributed by atoms with Crippen molar-refractivity contribution in [3.05, 3.63) is 15.6 Å². The summed E-state index contributed by atoms with van der Waals surface area (Å²) in [4.78, 5) is 8.51. The first kappa shape index (κ1) is 18.6.